The Morgan fingerprint density at radius 1 is 1.28 bits per heavy atom. The average molecular weight is 383 g/mol. The molecule has 10 heteroatoms. The minimum Gasteiger partial charge on any atom is -0.480 e. The zero-order valence-electron chi connectivity index (χ0n) is 13.3. The molecule has 0 bridgehead atoms. The zero-order valence-corrected chi connectivity index (χ0v) is 14.9. The molecule has 2 rings (SSSR count). The number of aliphatic carboxylic acids is 1. The molecule has 0 aliphatic carbocycles. The fraction of sp³-hybridized carbons (Fsp3) is 0.267. The number of aromatic nitrogens is 1. The number of carboxylic acid groups (broad SMARTS) is 1. The lowest BCUT2D eigenvalue weighted by molar-refractivity contribution is -0.141. The number of anilines is 1. The van der Waals surface area contributed by atoms with Crippen LogP contribution in [-0.4, -0.2) is 36.4 Å². The third-order valence-electron chi connectivity index (χ3n) is 3.21. The molecule has 1 amide bonds. The standard InChI is InChI=1S/C15H17N3O5S2/c1-2-12(14(20)21)17-13(19)8-10-9-24-15(16-10)18-25(22,23)11-6-4-3-5-7-11/h3-7,9,12H,2,8H2,1H3,(H,16,18)(H,17,19)(H,20,21). The van der Waals surface area contributed by atoms with Crippen LogP contribution in [0.1, 0.15) is 19.0 Å². The molecular formula is C15H17N3O5S2. The number of sulfonamides is 1. The van der Waals surface area contributed by atoms with Gasteiger partial charge in [-0.3, -0.25) is 9.52 Å². The van der Waals surface area contributed by atoms with Crippen LogP contribution in [0.3, 0.4) is 0 Å². The van der Waals surface area contributed by atoms with Crippen LogP contribution in [0.25, 0.3) is 0 Å². The van der Waals surface area contributed by atoms with Crippen LogP contribution in [0.5, 0.6) is 0 Å². The van der Waals surface area contributed by atoms with E-state index < -0.39 is 27.9 Å². The molecule has 1 aromatic carbocycles. The van der Waals surface area contributed by atoms with Crippen molar-refractivity contribution in [2.24, 2.45) is 0 Å². The highest BCUT2D eigenvalue weighted by molar-refractivity contribution is 7.93. The summed E-state index contributed by atoms with van der Waals surface area (Å²) in [6.45, 7) is 1.65. The number of thiazole rings is 1. The summed E-state index contributed by atoms with van der Waals surface area (Å²) in [5.41, 5.74) is 0.355. The van der Waals surface area contributed by atoms with E-state index in [1.54, 1.807) is 30.5 Å². The molecule has 0 aliphatic heterocycles. The molecule has 0 aliphatic rings. The molecule has 0 saturated heterocycles. The van der Waals surface area contributed by atoms with Crippen LogP contribution in [-0.2, 0) is 26.0 Å². The van der Waals surface area contributed by atoms with E-state index in [1.807, 2.05) is 0 Å². The predicted octanol–water partition coefficient (Wildman–Crippen LogP) is 1.47. The molecule has 3 N–H and O–H groups in total. The monoisotopic (exact) mass is 383 g/mol. The number of carbonyl (C=O) groups is 2. The zero-order chi connectivity index (χ0) is 18.4. The van der Waals surface area contributed by atoms with Gasteiger partial charge in [-0.1, -0.05) is 25.1 Å². The maximum absolute atomic E-state index is 12.2. The van der Waals surface area contributed by atoms with E-state index >= 15 is 0 Å². The van der Waals surface area contributed by atoms with E-state index in [9.17, 15) is 18.0 Å². The number of amides is 1. The Morgan fingerprint density at radius 2 is 1.96 bits per heavy atom. The maximum Gasteiger partial charge on any atom is 0.326 e. The van der Waals surface area contributed by atoms with Crippen LogP contribution in [0.15, 0.2) is 40.6 Å². The SMILES string of the molecule is CCC(NC(=O)Cc1csc(NS(=O)(=O)c2ccccc2)n1)C(=O)O. The van der Waals surface area contributed by atoms with Crippen molar-refractivity contribution < 1.29 is 23.1 Å². The van der Waals surface area contributed by atoms with Crippen molar-refractivity contribution >= 4 is 38.4 Å². The molecular weight excluding hydrogens is 366 g/mol. The lowest BCUT2D eigenvalue weighted by Crippen LogP contribution is -2.41. The molecule has 1 atom stereocenters. The van der Waals surface area contributed by atoms with Gasteiger partial charge in [0.25, 0.3) is 10.0 Å². The van der Waals surface area contributed by atoms with Crippen LogP contribution in [0.2, 0.25) is 0 Å². The van der Waals surface area contributed by atoms with Gasteiger partial charge >= 0.3 is 5.97 Å². The highest BCUT2D eigenvalue weighted by Crippen LogP contribution is 2.20. The highest BCUT2D eigenvalue weighted by Gasteiger charge is 2.19. The number of hydrogen-bond donors (Lipinski definition) is 3. The topological polar surface area (TPSA) is 125 Å². The number of carboxylic acids is 1. The number of hydrogen-bond acceptors (Lipinski definition) is 6. The fourth-order valence-corrected chi connectivity index (χ4v) is 3.94. The van der Waals surface area contributed by atoms with E-state index in [0.717, 1.165) is 11.3 Å². The Kier molecular flexibility index (Phi) is 6.10. The molecule has 134 valence electrons. The first-order valence-electron chi connectivity index (χ1n) is 7.36. The second kappa shape index (κ2) is 8.08. The minimum absolute atomic E-state index is 0.108. The van der Waals surface area contributed by atoms with E-state index in [2.05, 4.69) is 15.0 Å². The molecule has 0 fully saturated rings. The number of carbonyl (C=O) groups excluding carboxylic acids is 1. The summed E-state index contributed by atoms with van der Waals surface area (Å²) in [5.74, 6) is -1.59. The Balaban J connectivity index is 2.01. The van der Waals surface area contributed by atoms with Crippen LogP contribution in [0.4, 0.5) is 5.13 Å². The first-order valence-corrected chi connectivity index (χ1v) is 9.72. The van der Waals surface area contributed by atoms with Gasteiger partial charge in [-0.25, -0.2) is 18.2 Å². The van der Waals surface area contributed by atoms with Crippen molar-refractivity contribution in [3.63, 3.8) is 0 Å². The van der Waals surface area contributed by atoms with Gasteiger partial charge in [-0.05, 0) is 18.6 Å². The Hall–Kier alpha value is -2.46. The maximum atomic E-state index is 12.2. The van der Waals surface area contributed by atoms with E-state index in [-0.39, 0.29) is 22.9 Å². The molecule has 1 heterocycles. The number of rotatable bonds is 8. The normalized spacial score (nSPS) is 12.4. The van der Waals surface area contributed by atoms with Crippen molar-refractivity contribution in [1.82, 2.24) is 10.3 Å². The summed E-state index contributed by atoms with van der Waals surface area (Å²) in [6.07, 6.45) is 0.133. The number of nitrogens with one attached hydrogen (secondary N) is 2. The second-order valence-electron chi connectivity index (χ2n) is 5.11. The first-order chi connectivity index (χ1) is 11.8. The van der Waals surface area contributed by atoms with Gasteiger partial charge in [0.15, 0.2) is 5.13 Å². The lowest BCUT2D eigenvalue weighted by Gasteiger charge is -2.11. The highest BCUT2D eigenvalue weighted by atomic mass is 32.2. The van der Waals surface area contributed by atoms with Crippen LogP contribution < -0.4 is 10.0 Å². The molecule has 1 unspecified atom stereocenters. The third-order valence-corrected chi connectivity index (χ3v) is 5.50. The summed E-state index contributed by atoms with van der Waals surface area (Å²) < 4.78 is 26.8. The molecule has 25 heavy (non-hydrogen) atoms. The summed E-state index contributed by atoms with van der Waals surface area (Å²) in [6, 6.07) is 6.89. The van der Waals surface area contributed by atoms with Crippen LogP contribution in [0, 0.1) is 0 Å². The van der Waals surface area contributed by atoms with Gasteiger partial charge in [-0.15, -0.1) is 11.3 Å². The molecule has 0 spiro atoms. The van der Waals surface area contributed by atoms with Crippen LogP contribution >= 0.6 is 11.3 Å². The molecule has 0 saturated carbocycles. The van der Waals surface area contributed by atoms with Crippen molar-refractivity contribution in [2.75, 3.05) is 4.72 Å². The predicted molar refractivity (Wildman–Crippen MR) is 92.9 cm³/mol. The van der Waals surface area contributed by atoms with E-state index in [1.165, 1.54) is 12.1 Å². The van der Waals surface area contributed by atoms with Gasteiger partial charge < -0.3 is 10.4 Å². The van der Waals surface area contributed by atoms with Gasteiger partial charge in [0, 0.05) is 5.38 Å². The van der Waals surface area contributed by atoms with Gasteiger partial charge in [0.05, 0.1) is 17.0 Å². The minimum atomic E-state index is -3.74. The quantitative estimate of drug-likeness (QED) is 0.634. The largest absolute Gasteiger partial charge is 0.480 e. The van der Waals surface area contributed by atoms with Gasteiger partial charge in [0.2, 0.25) is 5.91 Å². The van der Waals surface area contributed by atoms with Crippen molar-refractivity contribution in [3.8, 4) is 0 Å². The third kappa shape index (κ3) is 5.26. The van der Waals surface area contributed by atoms with Crippen molar-refractivity contribution in [3.05, 3.63) is 41.4 Å². The molecule has 8 nitrogen and oxygen atoms in total. The summed E-state index contributed by atoms with van der Waals surface area (Å²) in [4.78, 5) is 26.9. The second-order valence-corrected chi connectivity index (χ2v) is 7.65. The number of nitrogens with zero attached hydrogens (tertiary/aromatic N) is 1. The van der Waals surface area contributed by atoms with Gasteiger partial charge in [0.1, 0.15) is 6.04 Å². The summed E-state index contributed by atoms with van der Waals surface area (Å²) >= 11 is 1.05. The molecule has 1 aromatic heterocycles. The van der Waals surface area contributed by atoms with E-state index in [0.29, 0.717) is 5.69 Å². The van der Waals surface area contributed by atoms with Gasteiger partial charge in [-0.2, -0.15) is 0 Å². The summed E-state index contributed by atoms with van der Waals surface area (Å²) in [7, 11) is -3.74. The molecule has 0 radical (unpaired) electrons. The first kappa shape index (κ1) is 18.9. The summed E-state index contributed by atoms with van der Waals surface area (Å²) in [5, 5.41) is 13.0. The van der Waals surface area contributed by atoms with Crippen molar-refractivity contribution in [2.45, 2.75) is 30.7 Å². The Morgan fingerprint density at radius 3 is 2.56 bits per heavy atom. The Labute approximate surface area is 149 Å². The van der Waals surface area contributed by atoms with E-state index in [4.69, 9.17) is 5.11 Å². The Bertz CT molecular complexity index is 849. The fourth-order valence-electron chi connectivity index (χ4n) is 1.96. The smallest absolute Gasteiger partial charge is 0.326 e. The number of benzene rings is 1. The average Bonchev–Trinajstić information content (AvgIpc) is 2.99. The molecule has 2 aromatic rings. The lowest BCUT2D eigenvalue weighted by atomic mass is 10.2. The van der Waals surface area contributed by atoms with Crippen molar-refractivity contribution in [1.29, 1.82) is 0 Å².